The summed E-state index contributed by atoms with van der Waals surface area (Å²) in [6.07, 6.45) is 0.316. The van der Waals surface area contributed by atoms with Gasteiger partial charge in [-0.2, -0.15) is 13.2 Å². The van der Waals surface area contributed by atoms with E-state index in [0.717, 1.165) is 26.1 Å². The lowest BCUT2D eigenvalue weighted by Gasteiger charge is -2.29. The van der Waals surface area contributed by atoms with Crippen LogP contribution in [0.25, 0.3) is 0 Å². The van der Waals surface area contributed by atoms with Crippen LogP contribution in [0.5, 0.6) is 0 Å². The molecule has 3 N–H and O–H groups in total. The number of carboxylic acid groups (broad SMARTS) is 2. The molecule has 1 saturated heterocycles. The topological polar surface area (TPSA) is 89.9 Å². The van der Waals surface area contributed by atoms with Crippen molar-refractivity contribution in [3.8, 4) is 0 Å². The molecule has 1 atom stereocenters. The first-order valence-corrected chi connectivity index (χ1v) is 9.40. The second-order valence-corrected chi connectivity index (χ2v) is 7.18. The summed E-state index contributed by atoms with van der Waals surface area (Å²) >= 11 is 0. The fourth-order valence-electron chi connectivity index (χ4n) is 3.22. The van der Waals surface area contributed by atoms with Crippen molar-refractivity contribution in [2.45, 2.75) is 38.0 Å². The van der Waals surface area contributed by atoms with E-state index in [1.54, 1.807) is 12.1 Å². The van der Waals surface area contributed by atoms with Gasteiger partial charge >= 0.3 is 18.1 Å². The van der Waals surface area contributed by atoms with E-state index >= 15 is 0 Å². The first-order valence-electron chi connectivity index (χ1n) is 9.40. The fourth-order valence-corrected chi connectivity index (χ4v) is 3.22. The van der Waals surface area contributed by atoms with E-state index < -0.39 is 23.7 Å². The number of carboxylic acids is 2. The van der Waals surface area contributed by atoms with Crippen LogP contribution in [-0.2, 0) is 22.3 Å². The molecule has 9 heteroatoms. The maximum Gasteiger partial charge on any atom is 0.416 e. The molecule has 1 aliphatic heterocycles. The van der Waals surface area contributed by atoms with Crippen molar-refractivity contribution in [2.75, 3.05) is 19.6 Å². The Kier molecular flexibility index (Phi) is 8.21. The van der Waals surface area contributed by atoms with Gasteiger partial charge in [-0.1, -0.05) is 18.2 Å². The lowest BCUT2D eigenvalue weighted by atomic mass is 10.0. The van der Waals surface area contributed by atoms with Crippen molar-refractivity contribution in [3.63, 3.8) is 0 Å². The molecule has 0 radical (unpaired) electrons. The number of benzene rings is 1. The van der Waals surface area contributed by atoms with Gasteiger partial charge in [-0.15, -0.1) is 0 Å². The Morgan fingerprint density at radius 3 is 2.21 bits per heavy atom. The number of alkyl halides is 3. The van der Waals surface area contributed by atoms with E-state index in [1.165, 1.54) is 25.0 Å². The van der Waals surface area contributed by atoms with Gasteiger partial charge in [-0.05, 0) is 43.4 Å². The number of hydrogen-bond acceptors (Lipinski definition) is 4. The van der Waals surface area contributed by atoms with Crippen LogP contribution in [-0.4, -0.2) is 52.7 Å². The molecule has 6 nitrogen and oxygen atoms in total. The van der Waals surface area contributed by atoms with Crippen LogP contribution >= 0.6 is 0 Å². The minimum atomic E-state index is -4.27. The number of hydrogen-bond donors (Lipinski definition) is 3. The molecule has 1 heterocycles. The molecule has 160 valence electrons. The number of carbonyl (C=O) groups is 2. The van der Waals surface area contributed by atoms with E-state index in [-0.39, 0.29) is 0 Å². The van der Waals surface area contributed by atoms with Gasteiger partial charge in [-0.25, -0.2) is 9.59 Å². The molecule has 1 saturated carbocycles. The summed E-state index contributed by atoms with van der Waals surface area (Å²) in [5.74, 6) is -1.83. The molecular formula is C20H25F3N2O4. The molecule has 1 aromatic rings. The van der Waals surface area contributed by atoms with E-state index in [2.05, 4.69) is 10.2 Å². The molecule has 0 spiro atoms. The van der Waals surface area contributed by atoms with Gasteiger partial charge in [0.1, 0.15) is 0 Å². The molecule has 0 aromatic heterocycles. The number of rotatable bonds is 7. The number of aliphatic carboxylic acids is 2. The molecular weight excluding hydrogens is 389 g/mol. The SMILES string of the molecule is FC(F)(F)c1ccccc1CN(CC1CC1)[C@H]1CCNC1.O=C(O)C=CC(=O)O. The Morgan fingerprint density at radius 1 is 1.10 bits per heavy atom. The van der Waals surface area contributed by atoms with Crippen molar-refractivity contribution in [3.05, 3.63) is 47.5 Å². The monoisotopic (exact) mass is 414 g/mol. The molecule has 2 aliphatic rings. The zero-order chi connectivity index (χ0) is 21.4. The summed E-state index contributed by atoms with van der Waals surface area (Å²) < 4.78 is 39.4. The van der Waals surface area contributed by atoms with Crippen molar-refractivity contribution in [2.24, 2.45) is 5.92 Å². The van der Waals surface area contributed by atoms with Gasteiger partial charge in [0.15, 0.2) is 0 Å². The van der Waals surface area contributed by atoms with Crippen LogP contribution in [0.15, 0.2) is 36.4 Å². The maximum absolute atomic E-state index is 13.1. The molecule has 29 heavy (non-hydrogen) atoms. The van der Waals surface area contributed by atoms with Gasteiger partial charge in [0.05, 0.1) is 5.56 Å². The average Bonchev–Trinajstić information content (AvgIpc) is 3.29. The molecule has 2 fully saturated rings. The third-order valence-corrected chi connectivity index (χ3v) is 4.81. The van der Waals surface area contributed by atoms with E-state index in [9.17, 15) is 22.8 Å². The molecule has 1 aromatic carbocycles. The van der Waals surface area contributed by atoms with Gasteiger partial charge in [0, 0.05) is 37.8 Å². The zero-order valence-corrected chi connectivity index (χ0v) is 15.9. The van der Waals surface area contributed by atoms with Crippen LogP contribution in [0, 0.1) is 5.92 Å². The van der Waals surface area contributed by atoms with Crippen LogP contribution in [0.1, 0.15) is 30.4 Å². The standard InChI is InChI=1S/C16H21F3N2.C4H4O4/c17-16(18,19)15-4-2-1-3-13(15)11-21(10-12-5-6-12)14-7-8-20-9-14;5-3(6)1-2-4(7)8/h1-4,12,14,20H,5-11H2;1-2H,(H,5,6)(H,7,8)/t14-;/m0./s1. The van der Waals surface area contributed by atoms with Crippen LogP contribution in [0.2, 0.25) is 0 Å². The Hall–Kier alpha value is -2.39. The predicted octanol–water partition coefficient (Wildman–Crippen LogP) is 2.99. The number of halogens is 3. The van der Waals surface area contributed by atoms with Crippen molar-refractivity contribution < 1.29 is 33.0 Å². The third-order valence-electron chi connectivity index (χ3n) is 4.81. The zero-order valence-electron chi connectivity index (χ0n) is 15.9. The van der Waals surface area contributed by atoms with Gasteiger partial charge in [0.2, 0.25) is 0 Å². The average molecular weight is 414 g/mol. The Morgan fingerprint density at radius 2 is 1.72 bits per heavy atom. The first-order chi connectivity index (χ1) is 13.7. The smallest absolute Gasteiger partial charge is 0.416 e. The van der Waals surface area contributed by atoms with Crippen molar-refractivity contribution in [1.82, 2.24) is 10.2 Å². The highest BCUT2D eigenvalue weighted by atomic mass is 19.4. The Bertz CT molecular complexity index is 711. The Labute approximate surface area is 167 Å². The second kappa shape index (κ2) is 10.4. The fraction of sp³-hybridized carbons (Fsp3) is 0.500. The quantitative estimate of drug-likeness (QED) is 0.595. The van der Waals surface area contributed by atoms with Crippen LogP contribution in [0.4, 0.5) is 13.2 Å². The van der Waals surface area contributed by atoms with E-state index in [0.29, 0.717) is 36.2 Å². The van der Waals surface area contributed by atoms with E-state index in [4.69, 9.17) is 10.2 Å². The second-order valence-electron chi connectivity index (χ2n) is 7.18. The lowest BCUT2D eigenvalue weighted by Crippen LogP contribution is -2.38. The first kappa shape index (κ1) is 22.9. The van der Waals surface area contributed by atoms with Crippen molar-refractivity contribution >= 4 is 11.9 Å². The summed E-state index contributed by atoms with van der Waals surface area (Å²) in [7, 11) is 0. The summed E-state index contributed by atoms with van der Waals surface area (Å²) in [5, 5.41) is 18.9. The van der Waals surface area contributed by atoms with Gasteiger partial charge < -0.3 is 15.5 Å². The number of nitrogens with zero attached hydrogens (tertiary/aromatic N) is 1. The van der Waals surface area contributed by atoms with Gasteiger partial charge in [0.25, 0.3) is 0 Å². The highest BCUT2D eigenvalue weighted by Gasteiger charge is 2.35. The summed E-state index contributed by atoms with van der Waals surface area (Å²) in [4.78, 5) is 21.4. The highest BCUT2D eigenvalue weighted by Crippen LogP contribution is 2.35. The molecule has 0 bridgehead atoms. The number of nitrogens with one attached hydrogen (secondary N) is 1. The lowest BCUT2D eigenvalue weighted by molar-refractivity contribution is -0.138. The molecule has 0 unspecified atom stereocenters. The summed E-state index contributed by atoms with van der Waals surface area (Å²) in [6.45, 7) is 3.19. The van der Waals surface area contributed by atoms with Crippen LogP contribution in [0.3, 0.4) is 0 Å². The molecule has 0 amide bonds. The minimum Gasteiger partial charge on any atom is -0.478 e. The van der Waals surface area contributed by atoms with Gasteiger partial charge in [-0.3, -0.25) is 4.90 Å². The van der Waals surface area contributed by atoms with Crippen molar-refractivity contribution in [1.29, 1.82) is 0 Å². The highest BCUT2D eigenvalue weighted by molar-refractivity contribution is 5.89. The summed E-state index contributed by atoms with van der Waals surface area (Å²) in [5.41, 5.74) is -0.0886. The van der Waals surface area contributed by atoms with E-state index in [1.807, 2.05) is 0 Å². The largest absolute Gasteiger partial charge is 0.478 e. The summed E-state index contributed by atoms with van der Waals surface area (Å²) in [6, 6.07) is 6.34. The molecule has 1 aliphatic carbocycles. The molecule has 3 rings (SSSR count). The normalized spacial score (nSPS) is 19.2. The maximum atomic E-state index is 13.1. The predicted molar refractivity (Wildman–Crippen MR) is 100 cm³/mol. The third kappa shape index (κ3) is 8.25. The minimum absolute atomic E-state index is 0.367. The van der Waals surface area contributed by atoms with Crippen LogP contribution < -0.4 is 5.32 Å². The Balaban J connectivity index is 0.000000321.